The molecule has 116 valence electrons. The first-order valence-electron chi connectivity index (χ1n) is 7.52. The van der Waals surface area contributed by atoms with Crippen LogP contribution in [-0.4, -0.2) is 22.6 Å². The third-order valence-corrected chi connectivity index (χ3v) is 4.04. The van der Waals surface area contributed by atoms with Crippen molar-refractivity contribution in [1.29, 1.82) is 0 Å². The summed E-state index contributed by atoms with van der Waals surface area (Å²) in [6.07, 6.45) is 2.32. The Bertz CT molecular complexity index is 672. The van der Waals surface area contributed by atoms with Gasteiger partial charge in [-0.15, -0.1) is 0 Å². The molecule has 0 aliphatic carbocycles. The largest absolute Gasteiger partial charge is 0.363 e. The number of nitrogens with zero attached hydrogens (tertiary/aromatic N) is 2. The highest BCUT2D eigenvalue weighted by Crippen LogP contribution is 2.27. The zero-order chi connectivity index (χ0) is 15.7. The molecule has 5 heteroatoms. The molecule has 3 rings (SSSR count). The minimum Gasteiger partial charge on any atom is -0.363 e. The summed E-state index contributed by atoms with van der Waals surface area (Å²) in [6, 6.07) is 8.12. The van der Waals surface area contributed by atoms with Crippen molar-refractivity contribution in [2.45, 2.75) is 39.2 Å². The van der Waals surface area contributed by atoms with E-state index in [1.54, 1.807) is 6.07 Å². The lowest BCUT2D eigenvalue weighted by Crippen LogP contribution is -2.39. The van der Waals surface area contributed by atoms with Gasteiger partial charge in [-0.05, 0) is 28.5 Å². The Labute approximate surface area is 130 Å². The van der Waals surface area contributed by atoms with Crippen molar-refractivity contribution < 1.29 is 9.32 Å². The van der Waals surface area contributed by atoms with Gasteiger partial charge in [0.25, 0.3) is 0 Å². The molecule has 0 fully saturated rings. The summed E-state index contributed by atoms with van der Waals surface area (Å²) < 4.78 is 4.73. The van der Waals surface area contributed by atoms with Gasteiger partial charge in [0.1, 0.15) is 6.26 Å². The van der Waals surface area contributed by atoms with E-state index in [1.807, 2.05) is 4.90 Å². The summed E-state index contributed by atoms with van der Waals surface area (Å²) in [5.41, 5.74) is 3.97. The van der Waals surface area contributed by atoms with Gasteiger partial charge in [-0.2, -0.15) is 0 Å². The fourth-order valence-electron chi connectivity index (χ4n) is 2.66. The molecule has 1 aromatic heterocycles. The van der Waals surface area contributed by atoms with E-state index in [9.17, 15) is 4.79 Å². The van der Waals surface area contributed by atoms with Crippen molar-refractivity contribution >= 4 is 11.8 Å². The van der Waals surface area contributed by atoms with E-state index < -0.39 is 0 Å². The van der Waals surface area contributed by atoms with Crippen LogP contribution in [0.2, 0.25) is 0 Å². The summed E-state index contributed by atoms with van der Waals surface area (Å²) >= 11 is 0. The molecule has 0 atom stereocenters. The molecular formula is C17H21N3O2. The number of aromatic nitrogens is 1. The molecule has 1 aliphatic rings. The predicted octanol–water partition coefficient (Wildman–Crippen LogP) is 3.56. The number of rotatable bonds is 1. The van der Waals surface area contributed by atoms with E-state index in [4.69, 9.17) is 4.52 Å². The SMILES string of the molecule is CC(C)(C)c1ccc2c(c1)CN(C(=O)Nc1ccon1)CC2. The summed E-state index contributed by atoms with van der Waals surface area (Å²) in [5, 5.41) is 6.46. The lowest BCUT2D eigenvalue weighted by Gasteiger charge is -2.30. The molecule has 2 aromatic rings. The molecule has 1 aliphatic heterocycles. The number of carbonyl (C=O) groups excluding carboxylic acids is 1. The van der Waals surface area contributed by atoms with Gasteiger partial charge in [0, 0.05) is 19.2 Å². The van der Waals surface area contributed by atoms with Crippen molar-refractivity contribution in [2.75, 3.05) is 11.9 Å². The fraction of sp³-hybridized carbons (Fsp3) is 0.412. The van der Waals surface area contributed by atoms with Gasteiger partial charge in [0.15, 0.2) is 5.82 Å². The first-order valence-corrected chi connectivity index (χ1v) is 7.52. The molecule has 5 nitrogen and oxygen atoms in total. The number of carbonyl (C=O) groups is 1. The maximum Gasteiger partial charge on any atom is 0.323 e. The Kier molecular flexibility index (Phi) is 3.64. The second-order valence-electron chi connectivity index (χ2n) is 6.72. The van der Waals surface area contributed by atoms with Crippen LogP contribution >= 0.6 is 0 Å². The Morgan fingerprint density at radius 2 is 2.09 bits per heavy atom. The zero-order valence-corrected chi connectivity index (χ0v) is 13.2. The first-order chi connectivity index (χ1) is 10.4. The first kappa shape index (κ1) is 14.6. The van der Waals surface area contributed by atoms with Crippen LogP contribution < -0.4 is 5.32 Å². The highest BCUT2D eigenvalue weighted by atomic mass is 16.5. The lowest BCUT2D eigenvalue weighted by molar-refractivity contribution is 0.206. The summed E-state index contributed by atoms with van der Waals surface area (Å²) in [5.74, 6) is 0.444. The number of hydrogen-bond acceptors (Lipinski definition) is 3. The third-order valence-electron chi connectivity index (χ3n) is 4.04. The van der Waals surface area contributed by atoms with Crippen molar-refractivity contribution in [2.24, 2.45) is 0 Å². The van der Waals surface area contributed by atoms with Crippen LogP contribution in [0, 0.1) is 0 Å². The Morgan fingerprint density at radius 1 is 1.27 bits per heavy atom. The molecule has 2 heterocycles. The monoisotopic (exact) mass is 299 g/mol. The molecular weight excluding hydrogens is 278 g/mol. The molecule has 0 saturated carbocycles. The van der Waals surface area contributed by atoms with Gasteiger partial charge in [-0.3, -0.25) is 5.32 Å². The second-order valence-corrected chi connectivity index (χ2v) is 6.72. The molecule has 1 N–H and O–H groups in total. The summed E-state index contributed by atoms with van der Waals surface area (Å²) in [6.45, 7) is 7.94. The van der Waals surface area contributed by atoms with Crippen LogP contribution in [0.4, 0.5) is 10.6 Å². The average molecular weight is 299 g/mol. The van der Waals surface area contributed by atoms with Crippen LogP contribution in [0.25, 0.3) is 0 Å². The molecule has 0 unspecified atom stereocenters. The minimum atomic E-state index is -0.138. The van der Waals surface area contributed by atoms with E-state index in [1.165, 1.54) is 23.0 Å². The number of nitrogens with one attached hydrogen (secondary N) is 1. The van der Waals surface area contributed by atoms with E-state index >= 15 is 0 Å². The Balaban J connectivity index is 1.76. The third kappa shape index (κ3) is 2.98. The molecule has 22 heavy (non-hydrogen) atoms. The van der Waals surface area contributed by atoms with Gasteiger partial charge in [-0.1, -0.05) is 44.1 Å². The van der Waals surface area contributed by atoms with Gasteiger partial charge in [-0.25, -0.2) is 4.79 Å². The van der Waals surface area contributed by atoms with Crippen molar-refractivity contribution in [3.05, 3.63) is 47.2 Å². The van der Waals surface area contributed by atoms with Crippen LogP contribution in [0.15, 0.2) is 35.1 Å². The molecule has 2 amide bonds. The van der Waals surface area contributed by atoms with E-state index in [0.717, 1.165) is 6.42 Å². The van der Waals surface area contributed by atoms with E-state index in [0.29, 0.717) is 18.9 Å². The zero-order valence-electron chi connectivity index (χ0n) is 13.2. The Hall–Kier alpha value is -2.30. The van der Waals surface area contributed by atoms with Crippen molar-refractivity contribution in [3.8, 4) is 0 Å². The lowest BCUT2D eigenvalue weighted by atomic mass is 9.84. The maximum absolute atomic E-state index is 12.3. The Morgan fingerprint density at radius 3 is 2.77 bits per heavy atom. The molecule has 1 aromatic carbocycles. The normalized spacial score (nSPS) is 14.6. The highest BCUT2D eigenvalue weighted by molar-refractivity contribution is 5.88. The molecule has 0 spiro atoms. The number of amides is 2. The van der Waals surface area contributed by atoms with Gasteiger partial charge in [0.05, 0.1) is 0 Å². The second kappa shape index (κ2) is 5.48. The van der Waals surface area contributed by atoms with Gasteiger partial charge < -0.3 is 9.42 Å². The summed E-state index contributed by atoms with van der Waals surface area (Å²) in [4.78, 5) is 14.1. The number of benzene rings is 1. The molecule has 0 radical (unpaired) electrons. The van der Waals surface area contributed by atoms with Gasteiger partial charge >= 0.3 is 6.03 Å². The fourth-order valence-corrected chi connectivity index (χ4v) is 2.66. The van der Waals surface area contributed by atoms with E-state index in [-0.39, 0.29) is 11.4 Å². The predicted molar refractivity (Wildman–Crippen MR) is 84.8 cm³/mol. The minimum absolute atomic E-state index is 0.111. The number of hydrogen-bond donors (Lipinski definition) is 1. The van der Waals surface area contributed by atoms with Crippen molar-refractivity contribution in [3.63, 3.8) is 0 Å². The average Bonchev–Trinajstić information content (AvgIpc) is 2.98. The quantitative estimate of drug-likeness (QED) is 0.876. The van der Waals surface area contributed by atoms with Crippen molar-refractivity contribution in [1.82, 2.24) is 10.1 Å². The van der Waals surface area contributed by atoms with E-state index in [2.05, 4.69) is 49.4 Å². The standard InChI is InChI=1S/C17H21N3O2/c1-17(2,3)14-5-4-12-6-8-20(11-13(12)10-14)16(21)18-15-7-9-22-19-15/h4-5,7,9-10H,6,8,11H2,1-3H3,(H,18,19,21). The maximum atomic E-state index is 12.3. The van der Waals surface area contributed by atoms with Crippen LogP contribution in [0.3, 0.4) is 0 Å². The van der Waals surface area contributed by atoms with Crippen LogP contribution in [-0.2, 0) is 18.4 Å². The topological polar surface area (TPSA) is 58.4 Å². The highest BCUT2D eigenvalue weighted by Gasteiger charge is 2.23. The van der Waals surface area contributed by atoms with Crippen LogP contribution in [0.5, 0.6) is 0 Å². The summed E-state index contributed by atoms with van der Waals surface area (Å²) in [7, 11) is 0. The molecule has 0 bridgehead atoms. The van der Waals surface area contributed by atoms with Gasteiger partial charge in [0.2, 0.25) is 0 Å². The number of urea groups is 1. The van der Waals surface area contributed by atoms with Crippen LogP contribution in [0.1, 0.15) is 37.5 Å². The number of anilines is 1. The smallest absolute Gasteiger partial charge is 0.323 e. The molecule has 0 saturated heterocycles. The number of fused-ring (bicyclic) bond motifs is 1.